The fourth-order valence-corrected chi connectivity index (χ4v) is 1.61. The lowest BCUT2D eigenvalue weighted by Gasteiger charge is -2.30. The van der Waals surface area contributed by atoms with Crippen LogP contribution in [-0.4, -0.2) is 30.3 Å². The molecule has 1 N–H and O–H groups in total. The molecule has 5 nitrogen and oxygen atoms in total. The lowest BCUT2D eigenvalue weighted by molar-refractivity contribution is -0.633. The summed E-state index contributed by atoms with van der Waals surface area (Å²) in [6.45, 7) is 5.37. The van der Waals surface area contributed by atoms with Gasteiger partial charge in [-0.15, -0.1) is 0 Å². The van der Waals surface area contributed by atoms with E-state index >= 15 is 0 Å². The Kier molecular flexibility index (Phi) is 3.22. The van der Waals surface area contributed by atoms with E-state index < -0.39 is 5.72 Å². The molecule has 1 aliphatic heterocycles. The van der Waals surface area contributed by atoms with Crippen LogP contribution in [0.25, 0.3) is 0 Å². The van der Waals surface area contributed by atoms with Crippen LogP contribution < -0.4 is 5.32 Å². The molecule has 0 aliphatic carbocycles. The van der Waals surface area contributed by atoms with Crippen LogP contribution in [-0.2, 0) is 4.74 Å². The van der Waals surface area contributed by atoms with Gasteiger partial charge in [-0.05, 0) is 5.92 Å². The maximum atomic E-state index is 10.9. The zero-order valence-electron chi connectivity index (χ0n) is 8.08. The standard InChI is InChI=1S/C8H16N2O3/c1-7(2)5-8(10(11)12)6-9-3-4-13-8/h7,9H,3-6H2,1-2H3. The van der Waals surface area contributed by atoms with Crippen molar-refractivity contribution < 1.29 is 9.66 Å². The molecule has 0 aromatic heterocycles. The highest BCUT2D eigenvalue weighted by molar-refractivity contribution is 4.77. The quantitative estimate of drug-likeness (QED) is 0.521. The zero-order valence-corrected chi connectivity index (χ0v) is 8.08. The molecule has 0 saturated carbocycles. The lowest BCUT2D eigenvalue weighted by Crippen LogP contribution is -2.55. The van der Waals surface area contributed by atoms with Gasteiger partial charge in [-0.25, -0.2) is 0 Å². The van der Waals surface area contributed by atoms with Gasteiger partial charge in [0.05, 0.1) is 18.1 Å². The molecule has 0 bridgehead atoms. The molecule has 0 aromatic rings. The van der Waals surface area contributed by atoms with Crippen molar-refractivity contribution in [2.24, 2.45) is 5.92 Å². The van der Waals surface area contributed by atoms with Crippen LogP contribution in [0, 0.1) is 16.0 Å². The van der Waals surface area contributed by atoms with E-state index in [9.17, 15) is 10.1 Å². The van der Waals surface area contributed by atoms with Crippen LogP contribution in [0.2, 0.25) is 0 Å². The first kappa shape index (κ1) is 10.4. The summed E-state index contributed by atoms with van der Waals surface area (Å²) in [6.07, 6.45) is 0.465. The molecule has 1 rings (SSSR count). The van der Waals surface area contributed by atoms with Gasteiger partial charge in [0.25, 0.3) is 0 Å². The molecular formula is C8H16N2O3. The molecule has 76 valence electrons. The van der Waals surface area contributed by atoms with Crippen LogP contribution in [0.15, 0.2) is 0 Å². The van der Waals surface area contributed by atoms with E-state index in [1.54, 1.807) is 0 Å². The molecule has 0 aromatic carbocycles. The number of nitro groups is 1. The fourth-order valence-electron chi connectivity index (χ4n) is 1.61. The van der Waals surface area contributed by atoms with Gasteiger partial charge in [-0.2, -0.15) is 0 Å². The van der Waals surface area contributed by atoms with Gasteiger partial charge in [0.2, 0.25) is 0 Å². The summed E-state index contributed by atoms with van der Waals surface area (Å²) >= 11 is 0. The number of nitrogens with one attached hydrogen (secondary N) is 1. The van der Waals surface area contributed by atoms with Gasteiger partial charge in [-0.1, -0.05) is 13.8 Å². The van der Waals surface area contributed by atoms with Gasteiger partial charge in [0.1, 0.15) is 0 Å². The maximum absolute atomic E-state index is 10.9. The first-order valence-corrected chi connectivity index (χ1v) is 4.56. The predicted molar refractivity (Wildman–Crippen MR) is 48.0 cm³/mol. The minimum atomic E-state index is -1.19. The largest absolute Gasteiger partial charge is 0.337 e. The molecular weight excluding hydrogens is 172 g/mol. The second-order valence-corrected chi connectivity index (χ2v) is 3.83. The fraction of sp³-hybridized carbons (Fsp3) is 1.00. The van der Waals surface area contributed by atoms with Crippen LogP contribution in [0.5, 0.6) is 0 Å². The van der Waals surface area contributed by atoms with Crippen molar-refractivity contribution in [1.29, 1.82) is 0 Å². The third-order valence-corrected chi connectivity index (χ3v) is 2.11. The highest BCUT2D eigenvalue weighted by atomic mass is 16.7. The van der Waals surface area contributed by atoms with Crippen LogP contribution in [0.4, 0.5) is 0 Å². The van der Waals surface area contributed by atoms with Crippen molar-refractivity contribution in [3.05, 3.63) is 10.1 Å². The molecule has 1 atom stereocenters. The average Bonchev–Trinajstić information content (AvgIpc) is 2.04. The Morgan fingerprint density at radius 2 is 2.38 bits per heavy atom. The highest BCUT2D eigenvalue weighted by Crippen LogP contribution is 2.23. The first-order chi connectivity index (χ1) is 6.07. The molecule has 1 aliphatic rings. The van der Waals surface area contributed by atoms with E-state index in [0.29, 0.717) is 26.1 Å². The molecule has 1 fully saturated rings. The first-order valence-electron chi connectivity index (χ1n) is 4.56. The Balaban J connectivity index is 2.67. The Bertz CT molecular complexity index is 188. The van der Waals surface area contributed by atoms with Gasteiger partial charge in [0.15, 0.2) is 0 Å². The van der Waals surface area contributed by atoms with Crippen molar-refractivity contribution >= 4 is 0 Å². The topological polar surface area (TPSA) is 64.4 Å². The van der Waals surface area contributed by atoms with Crippen molar-refractivity contribution in [3.8, 4) is 0 Å². The molecule has 13 heavy (non-hydrogen) atoms. The monoisotopic (exact) mass is 188 g/mol. The van der Waals surface area contributed by atoms with Crippen molar-refractivity contribution in [2.45, 2.75) is 26.0 Å². The highest BCUT2D eigenvalue weighted by Gasteiger charge is 2.46. The Hall–Kier alpha value is -0.680. The van der Waals surface area contributed by atoms with Crippen LogP contribution in [0.3, 0.4) is 0 Å². The minimum absolute atomic E-state index is 0.269. The molecule has 0 spiro atoms. The summed E-state index contributed by atoms with van der Waals surface area (Å²) < 4.78 is 5.28. The Morgan fingerprint density at radius 1 is 1.69 bits per heavy atom. The Labute approximate surface area is 77.6 Å². The molecule has 5 heteroatoms. The van der Waals surface area contributed by atoms with E-state index in [4.69, 9.17) is 4.74 Å². The summed E-state index contributed by atoms with van der Waals surface area (Å²) in [5.74, 6) is 0.269. The molecule has 0 radical (unpaired) electrons. The minimum Gasteiger partial charge on any atom is -0.312 e. The third kappa shape index (κ3) is 2.38. The summed E-state index contributed by atoms with van der Waals surface area (Å²) in [7, 11) is 0. The van der Waals surface area contributed by atoms with Crippen molar-refractivity contribution in [1.82, 2.24) is 5.32 Å². The smallest absolute Gasteiger partial charge is 0.312 e. The predicted octanol–water partition coefficient (Wildman–Crippen LogP) is 0.625. The molecule has 1 unspecified atom stereocenters. The van der Waals surface area contributed by atoms with Gasteiger partial charge in [0, 0.05) is 13.0 Å². The summed E-state index contributed by atoms with van der Waals surface area (Å²) in [5, 5.41) is 13.8. The molecule has 1 heterocycles. The van der Waals surface area contributed by atoms with Crippen LogP contribution >= 0.6 is 0 Å². The number of hydrogen-bond donors (Lipinski definition) is 1. The summed E-state index contributed by atoms with van der Waals surface area (Å²) in [5.41, 5.74) is -1.19. The van der Waals surface area contributed by atoms with E-state index in [1.165, 1.54) is 0 Å². The molecule has 0 amide bonds. The molecule has 1 saturated heterocycles. The van der Waals surface area contributed by atoms with Gasteiger partial charge < -0.3 is 10.1 Å². The van der Waals surface area contributed by atoms with Crippen LogP contribution in [0.1, 0.15) is 20.3 Å². The van der Waals surface area contributed by atoms with E-state index in [2.05, 4.69) is 5.32 Å². The third-order valence-electron chi connectivity index (χ3n) is 2.11. The van der Waals surface area contributed by atoms with E-state index in [1.807, 2.05) is 13.8 Å². The maximum Gasteiger partial charge on any atom is 0.337 e. The number of nitrogens with zero attached hydrogens (tertiary/aromatic N) is 1. The van der Waals surface area contributed by atoms with Crippen molar-refractivity contribution in [3.63, 3.8) is 0 Å². The number of rotatable bonds is 3. The van der Waals surface area contributed by atoms with Crippen molar-refractivity contribution in [2.75, 3.05) is 19.7 Å². The Morgan fingerprint density at radius 3 is 2.77 bits per heavy atom. The average molecular weight is 188 g/mol. The van der Waals surface area contributed by atoms with Gasteiger partial charge >= 0.3 is 5.72 Å². The number of hydrogen-bond acceptors (Lipinski definition) is 4. The summed E-state index contributed by atoms with van der Waals surface area (Å²) in [6, 6.07) is 0. The normalized spacial score (nSPS) is 29.2. The zero-order chi connectivity index (χ0) is 9.90. The SMILES string of the molecule is CC(C)CC1([N+](=O)[O-])CNCCO1. The summed E-state index contributed by atoms with van der Waals surface area (Å²) in [4.78, 5) is 10.5. The van der Waals surface area contributed by atoms with E-state index in [-0.39, 0.29) is 10.8 Å². The second-order valence-electron chi connectivity index (χ2n) is 3.83. The number of morpholine rings is 1. The second kappa shape index (κ2) is 4.02. The number of ether oxygens (including phenoxy) is 1. The lowest BCUT2D eigenvalue weighted by atomic mass is 10.00. The van der Waals surface area contributed by atoms with E-state index in [0.717, 1.165) is 0 Å². The van der Waals surface area contributed by atoms with Gasteiger partial charge in [-0.3, -0.25) is 10.1 Å².